The van der Waals surface area contributed by atoms with E-state index >= 15 is 0 Å². The van der Waals surface area contributed by atoms with Crippen LogP contribution in [0.3, 0.4) is 0 Å². The molecular formula is C52H78N4O2S8. The lowest BCUT2D eigenvalue weighted by molar-refractivity contribution is -0.117. The maximum atomic E-state index is 13.0. The number of Topliss-reactive ketones (excluding diaryl/α,β-unsaturated/α-hetero) is 2. The fraction of sp³-hybridized carbons (Fsp3) is 0.538. The summed E-state index contributed by atoms with van der Waals surface area (Å²) in [6.45, 7) is 15.2. The molecule has 0 amide bonds. The summed E-state index contributed by atoms with van der Waals surface area (Å²) in [6, 6.07) is 28.9. The summed E-state index contributed by atoms with van der Waals surface area (Å²) in [4.78, 5) is 31.7. The van der Waals surface area contributed by atoms with E-state index in [0.29, 0.717) is 18.5 Å². The molecule has 4 rings (SSSR count). The molecule has 0 aliphatic heterocycles. The van der Waals surface area contributed by atoms with Gasteiger partial charge >= 0.3 is 0 Å². The molecule has 0 aliphatic rings. The molecule has 0 aliphatic carbocycles. The number of nitrogens with two attached hydrogens (primary N) is 1. The first-order valence-electron chi connectivity index (χ1n) is 23.5. The average molecular weight is 1050 g/mol. The number of carbonyl (C=O) groups excluding carboxylic acids is 2. The molecule has 0 unspecified atom stereocenters. The van der Waals surface area contributed by atoms with Crippen LogP contribution in [-0.4, -0.2) is 143 Å². The Kier molecular flexibility index (Phi) is 33.2. The highest BCUT2D eigenvalue weighted by Crippen LogP contribution is 2.24. The molecule has 0 fully saturated rings. The van der Waals surface area contributed by atoms with E-state index in [1.54, 1.807) is 6.92 Å². The van der Waals surface area contributed by atoms with Gasteiger partial charge in [-0.15, -0.1) is 0 Å². The van der Waals surface area contributed by atoms with Crippen molar-refractivity contribution in [2.45, 2.75) is 41.0 Å². The smallest absolute Gasteiger partial charge is 0.159 e. The van der Waals surface area contributed by atoms with Gasteiger partial charge in [-0.1, -0.05) is 58.0 Å². The summed E-state index contributed by atoms with van der Waals surface area (Å²) >= 11 is 16.3. The highest BCUT2D eigenvalue weighted by Gasteiger charge is 2.13. The van der Waals surface area contributed by atoms with Crippen LogP contribution in [0.5, 0.6) is 0 Å². The topological polar surface area (TPSA) is 69.9 Å². The SMILES string of the molecule is CCSCCSCCN(CCSCCSCC)c1ccc(CC(=O)CN(C)c2ccc3cc(C(C)=O)ccc3c2)cc1.CCSCCSCCN(CCSCCSCC)c1ccc(N)cc1. The molecule has 0 saturated heterocycles. The van der Waals surface area contributed by atoms with E-state index in [2.05, 4.69) is 103 Å². The summed E-state index contributed by atoms with van der Waals surface area (Å²) in [5, 5.41) is 2.09. The average Bonchev–Trinajstić information content (AvgIpc) is 3.32. The zero-order valence-corrected chi connectivity index (χ0v) is 47.2. The molecule has 0 bridgehead atoms. The number of thioether (sulfide) groups is 8. The van der Waals surface area contributed by atoms with Crippen LogP contribution < -0.4 is 20.4 Å². The monoisotopic (exact) mass is 1050 g/mol. The molecule has 0 radical (unpaired) electrons. The molecule has 6 nitrogen and oxygen atoms in total. The number of ketones is 2. The minimum Gasteiger partial charge on any atom is -0.399 e. The number of likely N-dealkylation sites (N-methyl/N-ethyl adjacent to an activating group) is 1. The minimum atomic E-state index is 0.0663. The van der Waals surface area contributed by atoms with E-state index in [-0.39, 0.29) is 11.6 Å². The van der Waals surface area contributed by atoms with Crippen molar-refractivity contribution in [2.24, 2.45) is 0 Å². The van der Waals surface area contributed by atoms with E-state index in [1.165, 1.54) is 91.9 Å². The molecular weight excluding hydrogens is 969 g/mol. The third-order valence-electron chi connectivity index (χ3n) is 10.4. The molecule has 14 heteroatoms. The number of nitrogen functional groups attached to an aromatic ring is 1. The Hall–Kier alpha value is -1.52. The Morgan fingerprint density at radius 1 is 0.470 bits per heavy atom. The maximum absolute atomic E-state index is 13.0. The summed E-state index contributed by atoms with van der Waals surface area (Å²) in [7, 11) is 1.96. The van der Waals surface area contributed by atoms with E-state index in [0.717, 1.165) is 65.4 Å². The number of carbonyl (C=O) groups is 2. The Morgan fingerprint density at radius 3 is 1.27 bits per heavy atom. The van der Waals surface area contributed by atoms with Gasteiger partial charge in [-0.25, -0.2) is 0 Å². The quantitative estimate of drug-likeness (QED) is 0.0267. The van der Waals surface area contributed by atoms with Crippen LogP contribution in [0.25, 0.3) is 10.8 Å². The molecule has 0 aromatic heterocycles. The predicted molar refractivity (Wildman–Crippen MR) is 319 cm³/mol. The van der Waals surface area contributed by atoms with Gasteiger partial charge in [0.1, 0.15) is 0 Å². The zero-order valence-electron chi connectivity index (χ0n) is 40.6. The summed E-state index contributed by atoms with van der Waals surface area (Å²) in [5.41, 5.74) is 12.0. The van der Waals surface area contributed by atoms with E-state index < -0.39 is 0 Å². The molecule has 0 saturated carbocycles. The van der Waals surface area contributed by atoms with Crippen molar-refractivity contribution in [3.8, 4) is 0 Å². The van der Waals surface area contributed by atoms with Gasteiger partial charge in [-0.3, -0.25) is 9.59 Å². The van der Waals surface area contributed by atoms with Crippen molar-refractivity contribution in [3.63, 3.8) is 0 Å². The van der Waals surface area contributed by atoms with Crippen LogP contribution in [0.1, 0.15) is 50.5 Å². The second-order valence-corrected chi connectivity index (χ2v) is 25.8. The van der Waals surface area contributed by atoms with Crippen LogP contribution >= 0.6 is 94.1 Å². The van der Waals surface area contributed by atoms with Gasteiger partial charge in [-0.05, 0) is 101 Å². The van der Waals surface area contributed by atoms with Gasteiger partial charge in [0.2, 0.25) is 0 Å². The van der Waals surface area contributed by atoms with Crippen LogP contribution in [0.15, 0.2) is 84.9 Å². The largest absolute Gasteiger partial charge is 0.399 e. The summed E-state index contributed by atoms with van der Waals surface area (Å²) in [6.07, 6.45) is 0.427. The maximum Gasteiger partial charge on any atom is 0.159 e. The van der Waals surface area contributed by atoms with E-state index in [1.807, 2.05) is 125 Å². The van der Waals surface area contributed by atoms with Crippen molar-refractivity contribution in [1.29, 1.82) is 0 Å². The summed E-state index contributed by atoms with van der Waals surface area (Å²) < 4.78 is 0. The molecule has 4 aromatic rings. The van der Waals surface area contributed by atoms with Gasteiger partial charge in [0.25, 0.3) is 0 Å². The van der Waals surface area contributed by atoms with Crippen molar-refractivity contribution >= 4 is 139 Å². The number of fused-ring (bicyclic) bond motifs is 1. The lowest BCUT2D eigenvalue weighted by Gasteiger charge is -2.25. The second kappa shape index (κ2) is 37.3. The number of anilines is 4. The van der Waals surface area contributed by atoms with Gasteiger partial charge in [0, 0.05) is 137 Å². The third-order valence-corrected chi connectivity index (χ3v) is 18.9. The lowest BCUT2D eigenvalue weighted by Crippen LogP contribution is -2.29. The molecule has 4 aromatic carbocycles. The Morgan fingerprint density at radius 2 is 0.848 bits per heavy atom. The number of hydrogen-bond donors (Lipinski definition) is 1. The highest BCUT2D eigenvalue weighted by molar-refractivity contribution is 8.04. The first-order chi connectivity index (χ1) is 32.2. The van der Waals surface area contributed by atoms with E-state index in [4.69, 9.17) is 5.73 Å². The standard InChI is InChI=1S/C34H46N2O2S4.C18H32N2S4/c1-5-39-19-21-41-17-15-36(16-18-42-22-20-40-6-2)32-12-7-28(8-13-32)23-34(38)26-35(4)33-14-11-30-24-29(27(3)37)9-10-31(30)25-33;1-3-21-13-15-23-11-9-20(10-12-24-16-14-22-4-2)18-7-5-17(19)6-8-18/h7-14,24-25H,5-6,15-23,26H2,1-4H3;5-8H,3-4,9-16,19H2,1-2H3. The number of nitrogens with zero attached hydrogens (tertiary/aromatic N) is 3. The van der Waals surface area contributed by atoms with Gasteiger partial charge in [-0.2, -0.15) is 94.1 Å². The lowest BCUT2D eigenvalue weighted by atomic mass is 10.0. The Bertz CT molecular complexity index is 1860. The Balaban J connectivity index is 0.000000409. The summed E-state index contributed by atoms with van der Waals surface area (Å²) in [5.74, 6) is 19.7. The van der Waals surface area contributed by atoms with Gasteiger partial charge in [0.15, 0.2) is 11.6 Å². The van der Waals surface area contributed by atoms with Crippen LogP contribution in [0.2, 0.25) is 0 Å². The highest BCUT2D eigenvalue weighted by atomic mass is 32.2. The molecule has 66 heavy (non-hydrogen) atoms. The first kappa shape index (κ1) is 58.8. The molecule has 366 valence electrons. The fourth-order valence-corrected chi connectivity index (χ4v) is 13.9. The van der Waals surface area contributed by atoms with Gasteiger partial charge < -0.3 is 20.4 Å². The minimum absolute atomic E-state index is 0.0663. The molecule has 0 heterocycles. The fourth-order valence-electron chi connectivity index (χ4n) is 6.73. The van der Waals surface area contributed by atoms with Gasteiger partial charge in [0.05, 0.1) is 6.54 Å². The first-order valence-corrected chi connectivity index (χ1v) is 32.8. The van der Waals surface area contributed by atoms with Crippen LogP contribution in [0, 0.1) is 0 Å². The second-order valence-electron chi connectivity index (χ2n) is 15.3. The predicted octanol–water partition coefficient (Wildman–Crippen LogP) is 13.1. The van der Waals surface area contributed by atoms with Crippen LogP contribution in [0.4, 0.5) is 22.7 Å². The van der Waals surface area contributed by atoms with E-state index in [9.17, 15) is 9.59 Å². The number of benzene rings is 4. The van der Waals surface area contributed by atoms with Crippen LogP contribution in [-0.2, 0) is 11.2 Å². The third kappa shape index (κ3) is 25.4. The van der Waals surface area contributed by atoms with Crippen molar-refractivity contribution in [2.75, 3.05) is 152 Å². The molecule has 2 N–H and O–H groups in total. The van der Waals surface area contributed by atoms with Crippen molar-refractivity contribution < 1.29 is 9.59 Å². The molecule has 0 atom stereocenters. The van der Waals surface area contributed by atoms with Crippen molar-refractivity contribution in [3.05, 3.63) is 96.1 Å². The van der Waals surface area contributed by atoms with Crippen molar-refractivity contribution in [1.82, 2.24) is 0 Å². The number of rotatable bonds is 36. The normalized spacial score (nSPS) is 11.1. The molecule has 0 spiro atoms. The zero-order chi connectivity index (χ0) is 47.6. The number of hydrogen-bond acceptors (Lipinski definition) is 14. The Labute approximate surface area is 434 Å².